The molecule has 2 rings (SSSR count). The average molecular weight is 314 g/mol. The van der Waals surface area contributed by atoms with Crippen molar-refractivity contribution in [2.24, 2.45) is 0 Å². The van der Waals surface area contributed by atoms with E-state index in [1.165, 1.54) is 6.07 Å². The van der Waals surface area contributed by atoms with Crippen LogP contribution in [0.4, 0.5) is 4.39 Å². The topological polar surface area (TPSA) is 0 Å². The van der Waals surface area contributed by atoms with Crippen LogP contribution in [0.2, 0.25) is 0 Å². The van der Waals surface area contributed by atoms with Gasteiger partial charge in [0, 0.05) is 10.0 Å². The Morgan fingerprint density at radius 2 is 1.82 bits per heavy atom. The molecule has 2 aromatic rings. The minimum absolute atomic E-state index is 0.260. The molecule has 1 atom stereocenters. The summed E-state index contributed by atoms with van der Waals surface area (Å²) in [5.74, 6) is -0.260. The first kappa shape index (κ1) is 12.6. The number of alkyl halides is 1. The van der Waals surface area contributed by atoms with Crippen LogP contribution in [0.15, 0.2) is 53.0 Å². The van der Waals surface area contributed by atoms with E-state index in [2.05, 4.69) is 15.9 Å². The van der Waals surface area contributed by atoms with Crippen LogP contribution in [-0.2, 0) is 6.42 Å². The van der Waals surface area contributed by atoms with Crippen molar-refractivity contribution in [3.05, 3.63) is 69.9 Å². The van der Waals surface area contributed by atoms with E-state index in [4.69, 9.17) is 11.6 Å². The molecule has 0 saturated carbocycles. The highest BCUT2D eigenvalue weighted by atomic mass is 79.9. The smallest absolute Gasteiger partial charge is 0.127 e. The number of hydrogen-bond donors (Lipinski definition) is 0. The van der Waals surface area contributed by atoms with Crippen LogP contribution in [0.25, 0.3) is 0 Å². The zero-order valence-electron chi connectivity index (χ0n) is 9.04. The molecule has 0 spiro atoms. The second kappa shape index (κ2) is 5.65. The van der Waals surface area contributed by atoms with Gasteiger partial charge in [0.05, 0.1) is 5.38 Å². The summed E-state index contributed by atoms with van der Waals surface area (Å²) in [7, 11) is 0. The van der Waals surface area contributed by atoms with Gasteiger partial charge in [0.15, 0.2) is 0 Å². The predicted molar refractivity (Wildman–Crippen MR) is 72.8 cm³/mol. The minimum Gasteiger partial charge on any atom is -0.207 e. The largest absolute Gasteiger partial charge is 0.207 e. The van der Waals surface area contributed by atoms with E-state index in [1.807, 2.05) is 30.3 Å². The highest BCUT2D eigenvalue weighted by Gasteiger charge is 2.13. The van der Waals surface area contributed by atoms with Gasteiger partial charge in [-0.05, 0) is 30.2 Å². The molecule has 0 radical (unpaired) electrons. The quantitative estimate of drug-likeness (QED) is 0.691. The normalized spacial score (nSPS) is 12.4. The van der Waals surface area contributed by atoms with Crippen molar-refractivity contribution in [1.82, 2.24) is 0 Å². The summed E-state index contributed by atoms with van der Waals surface area (Å²) in [6.07, 6.45) is 0.621. The highest BCUT2D eigenvalue weighted by Crippen LogP contribution is 2.29. The average Bonchev–Trinajstić information content (AvgIpc) is 2.33. The van der Waals surface area contributed by atoms with Crippen LogP contribution >= 0.6 is 27.5 Å². The molecule has 0 bridgehead atoms. The van der Waals surface area contributed by atoms with E-state index in [-0.39, 0.29) is 11.2 Å². The molecule has 0 fully saturated rings. The van der Waals surface area contributed by atoms with E-state index in [0.29, 0.717) is 12.0 Å². The second-order valence-electron chi connectivity index (χ2n) is 3.82. The second-order valence-corrected chi connectivity index (χ2v) is 5.27. The Labute approximate surface area is 114 Å². The summed E-state index contributed by atoms with van der Waals surface area (Å²) < 4.78 is 14.5. The summed E-state index contributed by atoms with van der Waals surface area (Å²) in [5.41, 5.74) is 1.64. The molecule has 0 amide bonds. The van der Waals surface area contributed by atoms with Gasteiger partial charge in [0.1, 0.15) is 5.82 Å². The van der Waals surface area contributed by atoms with E-state index in [9.17, 15) is 4.39 Å². The maximum absolute atomic E-state index is 13.6. The van der Waals surface area contributed by atoms with Crippen molar-refractivity contribution >= 4 is 27.5 Å². The minimum atomic E-state index is -0.352. The van der Waals surface area contributed by atoms with E-state index in [1.54, 1.807) is 12.1 Å². The number of rotatable bonds is 3. The van der Waals surface area contributed by atoms with Crippen LogP contribution in [-0.4, -0.2) is 0 Å². The van der Waals surface area contributed by atoms with Crippen LogP contribution in [0.1, 0.15) is 16.5 Å². The van der Waals surface area contributed by atoms with E-state index >= 15 is 0 Å². The lowest BCUT2D eigenvalue weighted by Gasteiger charge is -2.11. The Balaban J connectivity index is 2.20. The SMILES string of the molecule is Fc1ccc(Br)cc1C(Cl)Cc1ccccc1. The van der Waals surface area contributed by atoms with Gasteiger partial charge < -0.3 is 0 Å². The summed E-state index contributed by atoms with van der Waals surface area (Å²) >= 11 is 9.58. The third-order valence-electron chi connectivity index (χ3n) is 2.55. The molecule has 0 aliphatic heterocycles. The molecule has 0 saturated heterocycles. The van der Waals surface area contributed by atoms with Crippen molar-refractivity contribution in [2.75, 3.05) is 0 Å². The van der Waals surface area contributed by atoms with Crippen molar-refractivity contribution in [2.45, 2.75) is 11.8 Å². The molecule has 17 heavy (non-hydrogen) atoms. The Kier molecular flexibility index (Phi) is 4.19. The van der Waals surface area contributed by atoms with Crippen molar-refractivity contribution in [1.29, 1.82) is 0 Å². The Bertz CT molecular complexity index is 499. The number of halogens is 3. The fraction of sp³-hybridized carbons (Fsp3) is 0.143. The Morgan fingerprint density at radius 3 is 2.53 bits per heavy atom. The van der Waals surface area contributed by atoms with Gasteiger partial charge in [-0.3, -0.25) is 0 Å². The Hall–Kier alpha value is -0.860. The van der Waals surface area contributed by atoms with Crippen LogP contribution in [0.3, 0.4) is 0 Å². The van der Waals surface area contributed by atoms with Crippen LogP contribution in [0, 0.1) is 5.82 Å². The van der Waals surface area contributed by atoms with Gasteiger partial charge in [0.2, 0.25) is 0 Å². The molecular weight excluding hydrogens is 303 g/mol. The van der Waals surface area contributed by atoms with Crippen LogP contribution < -0.4 is 0 Å². The van der Waals surface area contributed by atoms with Gasteiger partial charge in [-0.15, -0.1) is 11.6 Å². The maximum atomic E-state index is 13.6. The summed E-state index contributed by atoms with van der Waals surface area (Å²) in [6.45, 7) is 0. The Morgan fingerprint density at radius 1 is 1.12 bits per heavy atom. The first-order chi connectivity index (χ1) is 8.16. The molecule has 0 aromatic heterocycles. The lowest BCUT2D eigenvalue weighted by molar-refractivity contribution is 0.605. The molecule has 1 unspecified atom stereocenters. The molecule has 0 heterocycles. The molecule has 88 valence electrons. The maximum Gasteiger partial charge on any atom is 0.127 e. The van der Waals surface area contributed by atoms with Crippen LogP contribution in [0.5, 0.6) is 0 Å². The van der Waals surface area contributed by atoms with E-state index in [0.717, 1.165) is 10.0 Å². The predicted octanol–water partition coefficient (Wildman–Crippen LogP) is 5.11. The van der Waals surface area contributed by atoms with Gasteiger partial charge >= 0.3 is 0 Å². The monoisotopic (exact) mass is 312 g/mol. The van der Waals surface area contributed by atoms with E-state index < -0.39 is 0 Å². The standard InChI is InChI=1S/C14H11BrClF/c15-11-6-7-14(17)12(9-11)13(16)8-10-4-2-1-3-5-10/h1-7,9,13H,8H2. The summed E-state index contributed by atoms with van der Waals surface area (Å²) in [6, 6.07) is 14.7. The first-order valence-electron chi connectivity index (χ1n) is 5.30. The van der Waals surface area contributed by atoms with Crippen molar-refractivity contribution < 1.29 is 4.39 Å². The summed E-state index contributed by atoms with van der Waals surface area (Å²) in [5, 5.41) is -0.352. The van der Waals surface area contributed by atoms with Crippen molar-refractivity contribution in [3.8, 4) is 0 Å². The van der Waals surface area contributed by atoms with Gasteiger partial charge in [-0.25, -0.2) is 4.39 Å². The highest BCUT2D eigenvalue weighted by molar-refractivity contribution is 9.10. The molecule has 2 aromatic carbocycles. The molecule has 0 aliphatic carbocycles. The van der Waals surface area contributed by atoms with Gasteiger partial charge in [-0.2, -0.15) is 0 Å². The fourth-order valence-corrected chi connectivity index (χ4v) is 2.41. The zero-order valence-corrected chi connectivity index (χ0v) is 11.4. The fourth-order valence-electron chi connectivity index (χ4n) is 1.69. The molecule has 0 N–H and O–H groups in total. The first-order valence-corrected chi connectivity index (χ1v) is 6.52. The molecular formula is C14H11BrClF. The molecule has 0 nitrogen and oxygen atoms in total. The number of benzene rings is 2. The summed E-state index contributed by atoms with van der Waals surface area (Å²) in [4.78, 5) is 0. The lowest BCUT2D eigenvalue weighted by Crippen LogP contribution is -1.99. The molecule has 3 heteroatoms. The third kappa shape index (κ3) is 3.30. The zero-order chi connectivity index (χ0) is 12.3. The van der Waals surface area contributed by atoms with Crippen molar-refractivity contribution in [3.63, 3.8) is 0 Å². The lowest BCUT2D eigenvalue weighted by atomic mass is 10.0. The van der Waals surface area contributed by atoms with Gasteiger partial charge in [-0.1, -0.05) is 46.3 Å². The van der Waals surface area contributed by atoms with Gasteiger partial charge in [0.25, 0.3) is 0 Å². The third-order valence-corrected chi connectivity index (χ3v) is 3.44. The number of hydrogen-bond acceptors (Lipinski definition) is 0. The molecule has 0 aliphatic rings.